The molecule has 1 aliphatic heterocycles. The van der Waals surface area contributed by atoms with Gasteiger partial charge in [0.2, 0.25) is 17.7 Å². The first kappa shape index (κ1) is 48.9. The maximum absolute atomic E-state index is 13.9. The van der Waals surface area contributed by atoms with Gasteiger partial charge in [0.15, 0.2) is 0 Å². The Morgan fingerprint density at radius 1 is 0.661 bits per heavy atom. The van der Waals surface area contributed by atoms with E-state index in [9.17, 15) is 24.0 Å². The van der Waals surface area contributed by atoms with Crippen LogP contribution in [0.4, 0.5) is 0 Å². The van der Waals surface area contributed by atoms with Crippen LogP contribution in [0.3, 0.4) is 0 Å². The minimum absolute atomic E-state index is 0.0160. The van der Waals surface area contributed by atoms with Crippen molar-refractivity contribution >= 4 is 29.6 Å². The molecule has 4 amide bonds. The van der Waals surface area contributed by atoms with Crippen molar-refractivity contribution in [3.8, 4) is 0 Å². The molecule has 0 bridgehead atoms. The van der Waals surface area contributed by atoms with E-state index in [1.54, 1.807) is 14.2 Å². The van der Waals surface area contributed by atoms with Gasteiger partial charge in [-0.2, -0.15) is 5.48 Å². The second kappa shape index (κ2) is 30.6. The van der Waals surface area contributed by atoms with Crippen molar-refractivity contribution in [3.05, 3.63) is 71.3 Å². The Morgan fingerprint density at radius 2 is 1.24 bits per heavy atom. The summed E-state index contributed by atoms with van der Waals surface area (Å²) in [5.74, 6) is -2.49. The Balaban J connectivity index is 1.44. The molecule has 1 fully saturated rings. The molecule has 0 radical (unpaired) electrons. The van der Waals surface area contributed by atoms with Crippen molar-refractivity contribution in [2.75, 3.05) is 93.4 Å². The Morgan fingerprint density at radius 3 is 1.88 bits per heavy atom. The number of likely N-dealkylation sites (tertiary alicyclic amines) is 1. The zero-order chi connectivity index (χ0) is 42.3. The van der Waals surface area contributed by atoms with E-state index in [0.29, 0.717) is 65.3 Å². The lowest BCUT2D eigenvalue weighted by Crippen LogP contribution is -2.53. The third kappa shape index (κ3) is 21.4. The molecular weight excluding hydrogens is 764 g/mol. The van der Waals surface area contributed by atoms with Gasteiger partial charge in [-0.1, -0.05) is 54.6 Å². The topological polar surface area (TPSA) is 189 Å². The molecule has 3 N–H and O–H groups in total. The number of ether oxygens (including phenoxy) is 6. The molecule has 328 valence electrons. The number of nitrogens with zero attached hydrogens (tertiary/aromatic N) is 1. The van der Waals surface area contributed by atoms with Crippen molar-refractivity contribution in [2.45, 2.75) is 76.3 Å². The lowest BCUT2D eigenvalue weighted by Gasteiger charge is -2.28. The molecule has 0 unspecified atom stereocenters. The molecule has 1 saturated heterocycles. The van der Waals surface area contributed by atoms with Gasteiger partial charge in [-0.3, -0.25) is 19.2 Å². The Hall–Kier alpha value is -4.45. The molecule has 0 aliphatic carbocycles. The zero-order valence-corrected chi connectivity index (χ0v) is 34.8. The summed E-state index contributed by atoms with van der Waals surface area (Å²) in [6.07, 6.45) is 6.28. The fourth-order valence-electron chi connectivity index (χ4n) is 6.30. The number of carbonyl (C=O) groups excluding carboxylic acids is 5. The van der Waals surface area contributed by atoms with Crippen LogP contribution in [-0.2, 0) is 76.5 Å². The molecule has 59 heavy (non-hydrogen) atoms. The first-order valence-corrected chi connectivity index (χ1v) is 20.6. The molecule has 1 heterocycles. The normalized spacial score (nSPS) is 14.1. The van der Waals surface area contributed by atoms with Gasteiger partial charge < -0.3 is 48.8 Å². The summed E-state index contributed by atoms with van der Waals surface area (Å²) in [5.41, 5.74) is 5.54. The summed E-state index contributed by atoms with van der Waals surface area (Å²) in [6.45, 7) is 3.04. The highest BCUT2D eigenvalue weighted by Crippen LogP contribution is 2.21. The molecule has 2 aromatic rings. The predicted molar refractivity (Wildman–Crippen MR) is 218 cm³/mol. The van der Waals surface area contributed by atoms with E-state index >= 15 is 0 Å². The van der Waals surface area contributed by atoms with E-state index in [2.05, 4.69) is 40.4 Å². The smallest absolute Gasteiger partial charge is 0.354 e. The number of unbranched alkanes of at least 4 members (excludes halogenated alkanes) is 2. The Bertz CT molecular complexity index is 1500. The van der Waals surface area contributed by atoms with E-state index in [1.165, 1.54) is 16.0 Å². The number of nitrogens with one attached hydrogen (secondary N) is 3. The minimum Gasteiger partial charge on any atom is -0.382 e. The van der Waals surface area contributed by atoms with Gasteiger partial charge in [-0.15, -0.1) is 0 Å². The Labute approximate surface area is 348 Å². The quantitative estimate of drug-likeness (QED) is 0.0746. The first-order valence-electron chi connectivity index (χ1n) is 20.6. The van der Waals surface area contributed by atoms with Gasteiger partial charge >= 0.3 is 5.97 Å². The van der Waals surface area contributed by atoms with Crippen molar-refractivity contribution in [1.29, 1.82) is 0 Å². The zero-order valence-electron chi connectivity index (χ0n) is 34.8. The molecule has 2 aromatic carbocycles. The largest absolute Gasteiger partial charge is 0.382 e. The van der Waals surface area contributed by atoms with Crippen molar-refractivity contribution in [2.24, 2.45) is 0 Å². The molecule has 3 rings (SSSR count). The average Bonchev–Trinajstić information content (AvgIpc) is 3.74. The van der Waals surface area contributed by atoms with Crippen LogP contribution in [0.2, 0.25) is 0 Å². The van der Waals surface area contributed by atoms with Gasteiger partial charge in [0, 0.05) is 27.3 Å². The summed E-state index contributed by atoms with van der Waals surface area (Å²) in [4.78, 5) is 71.4. The average molecular weight is 829 g/mol. The van der Waals surface area contributed by atoms with E-state index in [-0.39, 0.29) is 58.3 Å². The number of amides is 4. The number of benzene rings is 2. The lowest BCUT2D eigenvalue weighted by molar-refractivity contribution is -0.164. The summed E-state index contributed by atoms with van der Waals surface area (Å²) in [7, 11) is 3.15. The third-order valence-electron chi connectivity index (χ3n) is 9.43. The van der Waals surface area contributed by atoms with Crippen LogP contribution >= 0.6 is 0 Å². The molecule has 0 saturated carbocycles. The van der Waals surface area contributed by atoms with Gasteiger partial charge in [-0.05, 0) is 74.5 Å². The van der Waals surface area contributed by atoms with E-state index in [0.717, 1.165) is 31.2 Å². The van der Waals surface area contributed by atoms with E-state index < -0.39 is 35.8 Å². The fourth-order valence-corrected chi connectivity index (χ4v) is 6.30. The third-order valence-corrected chi connectivity index (χ3v) is 9.43. The standard InChI is InChI=1S/C43H64N4O12/c1-53-23-25-55-27-29-57-32-40(49)44-21-9-8-15-37(45-41(50)33-58-30-28-56-26-24-54-2)42(51)47-22-10-16-38(47)43(52)59-46-39(48)31-36-19-17-35(18-20-36)14-7-6-13-34-11-4-3-5-12-34/h3-5,11-12,17-20,37-38H,6-10,13-16,21-33H2,1-2H3,(H,44,49)(H,45,50)(H,46,48)/t37-,38-/m0/s1. The molecular formula is C43H64N4O12. The van der Waals surface area contributed by atoms with Crippen LogP contribution in [0.25, 0.3) is 0 Å². The van der Waals surface area contributed by atoms with Crippen LogP contribution in [0, 0.1) is 0 Å². The number of hydrogen-bond acceptors (Lipinski definition) is 12. The van der Waals surface area contributed by atoms with Crippen molar-refractivity contribution in [3.63, 3.8) is 0 Å². The number of rotatable bonds is 31. The van der Waals surface area contributed by atoms with E-state index in [4.69, 9.17) is 33.3 Å². The predicted octanol–water partition coefficient (Wildman–Crippen LogP) is 2.49. The molecule has 2 atom stereocenters. The SMILES string of the molecule is COCCOCCOCC(=O)NCCCC[C@H](NC(=O)COCCOCCOC)C(=O)N1CCC[C@H]1C(=O)ONC(=O)Cc1ccc(CCCCc2ccccc2)cc1. The molecule has 0 spiro atoms. The molecule has 16 nitrogen and oxygen atoms in total. The van der Waals surface area contributed by atoms with E-state index in [1.807, 2.05) is 30.3 Å². The fraction of sp³-hybridized carbons (Fsp3) is 0.605. The van der Waals surface area contributed by atoms with Gasteiger partial charge in [0.1, 0.15) is 25.3 Å². The van der Waals surface area contributed by atoms with Crippen LogP contribution < -0.4 is 16.1 Å². The highest BCUT2D eigenvalue weighted by molar-refractivity contribution is 5.91. The second-order valence-corrected chi connectivity index (χ2v) is 14.1. The summed E-state index contributed by atoms with van der Waals surface area (Å²) < 4.78 is 31.2. The summed E-state index contributed by atoms with van der Waals surface area (Å²) in [6, 6.07) is 16.3. The summed E-state index contributed by atoms with van der Waals surface area (Å²) >= 11 is 0. The van der Waals surface area contributed by atoms with Crippen LogP contribution in [0.1, 0.15) is 61.6 Å². The van der Waals surface area contributed by atoms with Crippen LogP contribution in [-0.4, -0.2) is 140 Å². The van der Waals surface area contributed by atoms with Crippen LogP contribution in [0.15, 0.2) is 54.6 Å². The van der Waals surface area contributed by atoms with Gasteiger partial charge in [-0.25, -0.2) is 4.79 Å². The maximum atomic E-state index is 13.9. The number of carbonyl (C=O) groups is 5. The molecule has 16 heteroatoms. The second-order valence-electron chi connectivity index (χ2n) is 14.1. The van der Waals surface area contributed by atoms with Crippen molar-refractivity contribution < 1.29 is 57.2 Å². The summed E-state index contributed by atoms with van der Waals surface area (Å²) in [5, 5.41) is 5.53. The number of hydrogen-bond donors (Lipinski definition) is 3. The van der Waals surface area contributed by atoms with Gasteiger partial charge in [0.25, 0.3) is 5.91 Å². The molecule has 0 aromatic heterocycles. The number of aryl methyl sites for hydroxylation is 2. The van der Waals surface area contributed by atoms with Gasteiger partial charge in [0.05, 0.1) is 59.3 Å². The Kier molecular flexibility index (Phi) is 25.3. The monoisotopic (exact) mass is 828 g/mol. The highest BCUT2D eigenvalue weighted by Gasteiger charge is 2.39. The maximum Gasteiger partial charge on any atom is 0.354 e. The van der Waals surface area contributed by atoms with Crippen molar-refractivity contribution in [1.82, 2.24) is 21.0 Å². The highest BCUT2D eigenvalue weighted by atomic mass is 16.7. The number of methoxy groups -OCH3 is 2. The van der Waals surface area contributed by atoms with Crippen LogP contribution in [0.5, 0.6) is 0 Å². The lowest BCUT2D eigenvalue weighted by atomic mass is 10.0. The first-order chi connectivity index (χ1) is 28.8. The number of hydroxylamine groups is 1. The molecule has 1 aliphatic rings. The minimum atomic E-state index is -0.962.